The van der Waals surface area contributed by atoms with E-state index in [2.05, 4.69) is 12.2 Å². The second-order valence-electron chi connectivity index (χ2n) is 7.19. The Hall–Kier alpha value is -0.160. The van der Waals surface area contributed by atoms with Crippen LogP contribution in [0.25, 0.3) is 0 Å². The minimum absolute atomic E-state index is 0.0528. The SMILES string of the molecule is CCCCCCCCCCCCCC(O)CC(O)C(CCO)NC. The summed E-state index contributed by atoms with van der Waals surface area (Å²) in [5.74, 6) is 0. The average molecular weight is 346 g/mol. The predicted molar refractivity (Wildman–Crippen MR) is 102 cm³/mol. The lowest BCUT2D eigenvalue weighted by Crippen LogP contribution is -2.40. The van der Waals surface area contributed by atoms with Crippen molar-refractivity contribution in [3.8, 4) is 0 Å². The fraction of sp³-hybridized carbons (Fsp3) is 1.00. The maximum absolute atomic E-state index is 10.1. The summed E-state index contributed by atoms with van der Waals surface area (Å²) in [6, 6.07) is -0.137. The highest BCUT2D eigenvalue weighted by molar-refractivity contribution is 4.76. The van der Waals surface area contributed by atoms with Crippen LogP contribution in [0.4, 0.5) is 0 Å². The molecule has 0 saturated carbocycles. The standard InChI is InChI=1S/C20H43NO3/c1-3-4-5-6-7-8-9-10-11-12-13-14-18(23)17-20(24)19(21-2)15-16-22/h18-24H,3-17H2,1-2H3. The maximum atomic E-state index is 10.1. The third-order valence-electron chi connectivity index (χ3n) is 4.93. The number of hydrogen-bond donors (Lipinski definition) is 4. The summed E-state index contributed by atoms with van der Waals surface area (Å²) in [6.07, 6.45) is 15.0. The highest BCUT2D eigenvalue weighted by Crippen LogP contribution is 2.15. The zero-order chi connectivity index (χ0) is 18.0. The van der Waals surface area contributed by atoms with Gasteiger partial charge in [-0.05, 0) is 19.9 Å². The van der Waals surface area contributed by atoms with Crippen molar-refractivity contribution >= 4 is 0 Å². The summed E-state index contributed by atoms with van der Waals surface area (Å²) in [7, 11) is 1.78. The van der Waals surface area contributed by atoms with Crippen LogP contribution in [0.15, 0.2) is 0 Å². The first-order valence-corrected chi connectivity index (χ1v) is 10.3. The summed E-state index contributed by atoms with van der Waals surface area (Å²) < 4.78 is 0. The molecule has 0 radical (unpaired) electrons. The Balaban J connectivity index is 3.44. The Morgan fingerprint density at radius 2 is 1.25 bits per heavy atom. The normalized spacial score (nSPS) is 15.4. The fourth-order valence-electron chi connectivity index (χ4n) is 3.27. The molecule has 0 bridgehead atoms. The average Bonchev–Trinajstić information content (AvgIpc) is 2.57. The summed E-state index contributed by atoms with van der Waals surface area (Å²) in [5.41, 5.74) is 0. The van der Waals surface area contributed by atoms with Crippen molar-refractivity contribution in [2.45, 2.75) is 115 Å². The summed E-state index contributed by atoms with van der Waals surface area (Å²) in [4.78, 5) is 0. The predicted octanol–water partition coefficient (Wildman–Crippen LogP) is 3.77. The van der Waals surface area contributed by atoms with Gasteiger partial charge in [-0.1, -0.05) is 77.6 Å². The van der Waals surface area contributed by atoms with Gasteiger partial charge >= 0.3 is 0 Å². The monoisotopic (exact) mass is 345 g/mol. The molecule has 146 valence electrons. The Kier molecular flexibility index (Phi) is 17.5. The van der Waals surface area contributed by atoms with E-state index in [-0.39, 0.29) is 12.6 Å². The number of aliphatic hydroxyl groups is 3. The van der Waals surface area contributed by atoms with E-state index in [9.17, 15) is 10.2 Å². The van der Waals surface area contributed by atoms with Gasteiger partial charge in [0.2, 0.25) is 0 Å². The summed E-state index contributed by atoms with van der Waals surface area (Å²) in [6.45, 7) is 2.31. The van der Waals surface area contributed by atoms with Crippen molar-refractivity contribution in [3.05, 3.63) is 0 Å². The molecule has 3 unspecified atom stereocenters. The molecule has 4 heteroatoms. The molecule has 0 fully saturated rings. The van der Waals surface area contributed by atoms with Crippen LogP contribution in [0, 0.1) is 0 Å². The topological polar surface area (TPSA) is 72.7 Å². The van der Waals surface area contributed by atoms with Crippen molar-refractivity contribution < 1.29 is 15.3 Å². The molecule has 0 aromatic heterocycles. The minimum atomic E-state index is -0.593. The number of aliphatic hydroxyl groups excluding tert-OH is 3. The molecule has 4 N–H and O–H groups in total. The number of rotatable bonds is 18. The van der Waals surface area contributed by atoms with E-state index in [0.717, 1.165) is 12.8 Å². The zero-order valence-electron chi connectivity index (χ0n) is 16.2. The van der Waals surface area contributed by atoms with Gasteiger partial charge in [-0.2, -0.15) is 0 Å². The molecule has 0 aliphatic heterocycles. The van der Waals surface area contributed by atoms with Crippen LogP contribution in [-0.2, 0) is 0 Å². The smallest absolute Gasteiger partial charge is 0.0718 e. The molecular weight excluding hydrogens is 302 g/mol. The molecule has 0 aromatic carbocycles. The summed E-state index contributed by atoms with van der Waals surface area (Å²) in [5, 5.41) is 32.0. The lowest BCUT2D eigenvalue weighted by atomic mass is 9.98. The Labute approximate surface area is 150 Å². The highest BCUT2D eigenvalue weighted by Gasteiger charge is 2.20. The van der Waals surface area contributed by atoms with Gasteiger partial charge < -0.3 is 20.6 Å². The van der Waals surface area contributed by atoms with Gasteiger partial charge in [-0.25, -0.2) is 0 Å². The lowest BCUT2D eigenvalue weighted by Gasteiger charge is -2.23. The second-order valence-corrected chi connectivity index (χ2v) is 7.19. The van der Waals surface area contributed by atoms with E-state index in [0.29, 0.717) is 12.8 Å². The van der Waals surface area contributed by atoms with Crippen LogP contribution in [0.2, 0.25) is 0 Å². The first-order valence-electron chi connectivity index (χ1n) is 10.3. The Morgan fingerprint density at radius 3 is 1.71 bits per heavy atom. The largest absolute Gasteiger partial charge is 0.396 e. The molecule has 0 saturated heterocycles. The molecule has 0 amide bonds. The Morgan fingerprint density at radius 1 is 0.750 bits per heavy atom. The van der Waals surface area contributed by atoms with Crippen molar-refractivity contribution in [3.63, 3.8) is 0 Å². The van der Waals surface area contributed by atoms with Crippen LogP contribution < -0.4 is 5.32 Å². The van der Waals surface area contributed by atoms with Crippen molar-refractivity contribution in [1.82, 2.24) is 5.32 Å². The van der Waals surface area contributed by atoms with Crippen LogP contribution in [0.1, 0.15) is 96.8 Å². The number of nitrogens with one attached hydrogen (secondary N) is 1. The first kappa shape index (κ1) is 23.8. The Bertz CT molecular complexity index is 251. The maximum Gasteiger partial charge on any atom is 0.0718 e. The van der Waals surface area contributed by atoms with Crippen molar-refractivity contribution in [2.75, 3.05) is 13.7 Å². The molecular formula is C20H43NO3. The van der Waals surface area contributed by atoms with Crippen LogP contribution in [0.3, 0.4) is 0 Å². The highest BCUT2D eigenvalue weighted by atomic mass is 16.3. The van der Waals surface area contributed by atoms with Gasteiger partial charge in [-0.3, -0.25) is 0 Å². The van der Waals surface area contributed by atoms with Gasteiger partial charge in [0, 0.05) is 19.1 Å². The molecule has 3 atom stereocenters. The van der Waals surface area contributed by atoms with Crippen LogP contribution in [0.5, 0.6) is 0 Å². The first-order chi connectivity index (χ1) is 11.7. The molecule has 0 aliphatic rings. The zero-order valence-corrected chi connectivity index (χ0v) is 16.2. The van der Waals surface area contributed by atoms with E-state index in [1.807, 2.05) is 0 Å². The lowest BCUT2D eigenvalue weighted by molar-refractivity contribution is 0.0469. The quantitative estimate of drug-likeness (QED) is 0.285. The van der Waals surface area contributed by atoms with E-state index in [1.54, 1.807) is 7.05 Å². The van der Waals surface area contributed by atoms with Gasteiger partial charge in [0.15, 0.2) is 0 Å². The molecule has 0 spiro atoms. The molecule has 0 heterocycles. The van der Waals surface area contributed by atoms with Gasteiger partial charge in [0.05, 0.1) is 12.2 Å². The molecule has 24 heavy (non-hydrogen) atoms. The van der Waals surface area contributed by atoms with E-state index < -0.39 is 12.2 Å². The third kappa shape index (κ3) is 14.2. The molecule has 0 aromatic rings. The molecule has 0 rings (SSSR count). The van der Waals surface area contributed by atoms with Crippen molar-refractivity contribution in [2.24, 2.45) is 0 Å². The van der Waals surface area contributed by atoms with E-state index in [1.165, 1.54) is 64.2 Å². The minimum Gasteiger partial charge on any atom is -0.396 e. The van der Waals surface area contributed by atoms with Gasteiger partial charge in [0.25, 0.3) is 0 Å². The summed E-state index contributed by atoms with van der Waals surface area (Å²) >= 11 is 0. The molecule has 4 nitrogen and oxygen atoms in total. The van der Waals surface area contributed by atoms with Gasteiger partial charge in [-0.15, -0.1) is 0 Å². The van der Waals surface area contributed by atoms with Crippen LogP contribution >= 0.6 is 0 Å². The van der Waals surface area contributed by atoms with E-state index >= 15 is 0 Å². The van der Waals surface area contributed by atoms with Gasteiger partial charge in [0.1, 0.15) is 0 Å². The number of likely N-dealkylation sites (N-methyl/N-ethyl adjacent to an activating group) is 1. The fourth-order valence-corrected chi connectivity index (χ4v) is 3.27. The molecule has 0 aliphatic carbocycles. The number of unbranched alkanes of at least 4 members (excludes halogenated alkanes) is 10. The second kappa shape index (κ2) is 17.7. The van der Waals surface area contributed by atoms with Crippen LogP contribution in [-0.4, -0.2) is 47.2 Å². The van der Waals surface area contributed by atoms with Crippen molar-refractivity contribution in [1.29, 1.82) is 0 Å². The van der Waals surface area contributed by atoms with E-state index in [4.69, 9.17) is 5.11 Å². The number of hydrogen-bond acceptors (Lipinski definition) is 4. The third-order valence-corrected chi connectivity index (χ3v) is 4.93.